The van der Waals surface area contributed by atoms with Gasteiger partial charge in [-0.2, -0.15) is 23.4 Å². The molecule has 1 N–H and O–H groups in total. The third-order valence-electron chi connectivity index (χ3n) is 6.36. The van der Waals surface area contributed by atoms with Crippen molar-refractivity contribution in [3.05, 3.63) is 70.9 Å². The van der Waals surface area contributed by atoms with Crippen LogP contribution in [0.5, 0.6) is 5.75 Å². The Morgan fingerprint density at radius 1 is 1.12 bits per heavy atom. The number of alkyl halides is 3. The van der Waals surface area contributed by atoms with Gasteiger partial charge in [-0.05, 0) is 37.6 Å². The minimum absolute atomic E-state index is 0.195. The van der Waals surface area contributed by atoms with E-state index in [-0.39, 0.29) is 17.5 Å². The number of ether oxygens (including phenoxy) is 1. The first kappa shape index (κ1) is 28.4. The molecule has 0 saturated carbocycles. The second-order valence-corrected chi connectivity index (χ2v) is 8.77. The molecule has 4 aromatic rings. The Labute approximate surface area is 222 Å². The Kier molecular flexibility index (Phi) is 7.50. The van der Waals surface area contributed by atoms with Gasteiger partial charge in [0.25, 0.3) is 5.91 Å². The average Bonchev–Trinajstić information content (AvgIpc) is 3.47. The van der Waals surface area contributed by atoms with Gasteiger partial charge in [0, 0.05) is 24.7 Å². The molecule has 0 radical (unpaired) electrons. The van der Waals surface area contributed by atoms with E-state index >= 15 is 0 Å². The molecule has 4 heterocycles. The number of benzene rings is 1. The van der Waals surface area contributed by atoms with Crippen LogP contribution in [0.2, 0.25) is 0 Å². The van der Waals surface area contributed by atoms with Crippen LogP contribution in [0.4, 0.5) is 26.3 Å². The first-order valence-corrected chi connectivity index (χ1v) is 11.6. The summed E-state index contributed by atoms with van der Waals surface area (Å²) in [5.41, 5.74) is 3.22. The molecule has 1 aliphatic rings. The summed E-state index contributed by atoms with van der Waals surface area (Å²) in [5, 5.41) is 15.9. The predicted molar refractivity (Wildman–Crippen MR) is 127 cm³/mol. The number of hydrogen-bond donors (Lipinski definition) is 1. The van der Waals surface area contributed by atoms with Crippen LogP contribution < -0.4 is 4.74 Å². The molecule has 5 rings (SSSR count). The molecule has 15 heteroatoms. The van der Waals surface area contributed by atoms with E-state index in [1.54, 1.807) is 41.9 Å². The normalized spacial score (nSPS) is 14.9. The van der Waals surface area contributed by atoms with Gasteiger partial charge in [-0.1, -0.05) is 0 Å². The minimum atomic E-state index is -5.08. The maximum absolute atomic E-state index is 13.9. The van der Waals surface area contributed by atoms with Gasteiger partial charge in [0.05, 0.1) is 48.0 Å². The van der Waals surface area contributed by atoms with Gasteiger partial charge in [0.1, 0.15) is 5.75 Å². The lowest BCUT2D eigenvalue weighted by Gasteiger charge is -2.32. The molecular formula is C25H21F6N5O4. The van der Waals surface area contributed by atoms with Crippen LogP contribution in [0.25, 0.3) is 16.8 Å². The van der Waals surface area contributed by atoms with E-state index in [4.69, 9.17) is 14.6 Å². The molecule has 0 fully saturated rings. The summed E-state index contributed by atoms with van der Waals surface area (Å²) >= 11 is 0. The number of carboxylic acids is 1. The summed E-state index contributed by atoms with van der Waals surface area (Å²) in [6.07, 6.45) is -1.44. The number of fused-ring (bicyclic) bond motifs is 2. The largest absolute Gasteiger partial charge is 0.495 e. The van der Waals surface area contributed by atoms with Gasteiger partial charge in [-0.3, -0.25) is 9.48 Å². The molecule has 1 aromatic carbocycles. The molecule has 0 unspecified atom stereocenters. The van der Waals surface area contributed by atoms with Crippen molar-refractivity contribution in [3.63, 3.8) is 0 Å². The highest BCUT2D eigenvalue weighted by molar-refractivity contribution is 6.01. The Bertz CT molecular complexity index is 1590. The zero-order valence-electron chi connectivity index (χ0n) is 21.1. The van der Waals surface area contributed by atoms with Crippen LogP contribution in [0.15, 0.2) is 36.7 Å². The highest BCUT2D eigenvalue weighted by Crippen LogP contribution is 2.37. The summed E-state index contributed by atoms with van der Waals surface area (Å²) in [7, 11) is 3.21. The van der Waals surface area contributed by atoms with Crippen molar-refractivity contribution in [3.8, 4) is 17.0 Å². The number of pyridine rings is 1. The van der Waals surface area contributed by atoms with E-state index in [1.807, 2.05) is 6.92 Å². The fourth-order valence-corrected chi connectivity index (χ4v) is 4.48. The summed E-state index contributed by atoms with van der Waals surface area (Å²) < 4.78 is 81.2. The lowest BCUT2D eigenvalue weighted by atomic mass is 9.95. The number of halogens is 6. The third-order valence-corrected chi connectivity index (χ3v) is 6.36. The maximum atomic E-state index is 13.9. The molecule has 3 aromatic heterocycles. The predicted octanol–water partition coefficient (Wildman–Crippen LogP) is 4.55. The highest BCUT2D eigenvalue weighted by atomic mass is 19.4. The standard InChI is InChI=1S/C23H20F3N5O2.C2HF3O2/c1-12-21-15(22(29(2)28-21)13-8-17(24)20(26)18(25)9-13)6-7-30(12)23(32)16-10-27-31-11-14(33-3)4-5-19(16)31;3-2(4,5)1(6)7/h4-5,8-12H,6-7H2,1-3H3;(H,6,7)/t12-;/m0./s1. The van der Waals surface area contributed by atoms with Crippen molar-refractivity contribution in [1.82, 2.24) is 24.3 Å². The lowest BCUT2D eigenvalue weighted by molar-refractivity contribution is -0.192. The molecule has 1 aliphatic heterocycles. The molecule has 0 bridgehead atoms. The summed E-state index contributed by atoms with van der Waals surface area (Å²) in [6, 6.07) is 5.08. The first-order chi connectivity index (χ1) is 18.7. The van der Waals surface area contributed by atoms with E-state index in [0.29, 0.717) is 41.2 Å². The van der Waals surface area contributed by atoms with E-state index in [9.17, 15) is 31.1 Å². The summed E-state index contributed by atoms with van der Waals surface area (Å²) in [5.74, 6) is -6.36. The Morgan fingerprint density at radius 2 is 1.75 bits per heavy atom. The number of amides is 1. The number of nitrogens with zero attached hydrogens (tertiary/aromatic N) is 5. The first-order valence-electron chi connectivity index (χ1n) is 11.6. The van der Waals surface area contributed by atoms with Crippen LogP contribution in [-0.2, 0) is 18.3 Å². The van der Waals surface area contributed by atoms with Crippen LogP contribution in [-0.4, -0.2) is 61.1 Å². The molecule has 0 aliphatic carbocycles. The Morgan fingerprint density at radius 3 is 2.33 bits per heavy atom. The monoisotopic (exact) mass is 569 g/mol. The number of carbonyl (C=O) groups excluding carboxylic acids is 1. The molecule has 212 valence electrons. The third kappa shape index (κ3) is 5.18. The number of carboxylic acid groups (broad SMARTS) is 1. The minimum Gasteiger partial charge on any atom is -0.495 e. The fraction of sp³-hybridized carbons (Fsp3) is 0.280. The quantitative estimate of drug-likeness (QED) is 0.287. The van der Waals surface area contributed by atoms with Crippen molar-refractivity contribution in [2.24, 2.45) is 7.05 Å². The Balaban J connectivity index is 0.000000470. The molecule has 1 atom stereocenters. The van der Waals surface area contributed by atoms with Crippen molar-refractivity contribution >= 4 is 17.4 Å². The number of rotatable bonds is 3. The fourth-order valence-electron chi connectivity index (χ4n) is 4.48. The van der Waals surface area contributed by atoms with Gasteiger partial charge in [0.15, 0.2) is 17.5 Å². The topological polar surface area (TPSA) is 102 Å². The summed E-state index contributed by atoms with van der Waals surface area (Å²) in [4.78, 5) is 24.0. The number of methoxy groups -OCH3 is 1. The number of aryl methyl sites for hydroxylation is 1. The van der Waals surface area contributed by atoms with Crippen molar-refractivity contribution in [1.29, 1.82) is 0 Å². The molecular weight excluding hydrogens is 548 g/mol. The Hall–Kier alpha value is -4.56. The SMILES string of the molecule is COc1ccc2c(C(=O)N3CCc4c(nn(C)c4-c4cc(F)c(F)c(F)c4)[C@@H]3C)cnn2c1.O=C(O)C(F)(F)F. The van der Waals surface area contributed by atoms with Crippen molar-refractivity contribution in [2.75, 3.05) is 13.7 Å². The highest BCUT2D eigenvalue weighted by Gasteiger charge is 2.38. The summed E-state index contributed by atoms with van der Waals surface area (Å²) in [6.45, 7) is 2.23. The second kappa shape index (κ2) is 10.5. The lowest BCUT2D eigenvalue weighted by Crippen LogP contribution is -2.38. The van der Waals surface area contributed by atoms with Gasteiger partial charge in [-0.25, -0.2) is 22.5 Å². The van der Waals surface area contributed by atoms with Gasteiger partial charge < -0.3 is 14.7 Å². The van der Waals surface area contributed by atoms with E-state index in [0.717, 1.165) is 17.7 Å². The van der Waals surface area contributed by atoms with E-state index in [1.165, 1.54) is 10.9 Å². The second-order valence-electron chi connectivity index (χ2n) is 8.77. The molecule has 40 heavy (non-hydrogen) atoms. The van der Waals surface area contributed by atoms with Gasteiger partial charge in [-0.15, -0.1) is 0 Å². The zero-order chi connectivity index (χ0) is 29.5. The maximum Gasteiger partial charge on any atom is 0.490 e. The van der Waals surface area contributed by atoms with Crippen molar-refractivity contribution in [2.45, 2.75) is 25.6 Å². The zero-order valence-corrected chi connectivity index (χ0v) is 21.1. The number of aliphatic carboxylic acids is 1. The van der Waals surface area contributed by atoms with Gasteiger partial charge >= 0.3 is 12.1 Å². The average molecular weight is 569 g/mol. The van der Waals surface area contributed by atoms with E-state index in [2.05, 4.69) is 10.2 Å². The van der Waals surface area contributed by atoms with Crippen molar-refractivity contribution < 1.29 is 45.8 Å². The molecule has 0 spiro atoms. The van der Waals surface area contributed by atoms with Crippen LogP contribution in [0, 0.1) is 17.5 Å². The smallest absolute Gasteiger partial charge is 0.490 e. The number of carbonyl (C=O) groups is 2. The number of aromatic nitrogens is 4. The van der Waals surface area contributed by atoms with Crippen LogP contribution >= 0.6 is 0 Å². The van der Waals surface area contributed by atoms with Crippen LogP contribution in [0.1, 0.15) is 34.6 Å². The molecule has 1 amide bonds. The molecule has 0 saturated heterocycles. The van der Waals surface area contributed by atoms with Gasteiger partial charge in [0.2, 0.25) is 0 Å². The van der Waals surface area contributed by atoms with Crippen LogP contribution in [0.3, 0.4) is 0 Å². The molecule has 9 nitrogen and oxygen atoms in total. The van der Waals surface area contributed by atoms with E-state index < -0.39 is 29.6 Å². The number of hydrogen-bond acceptors (Lipinski definition) is 5.